The maximum atomic E-state index is 12.4. The molecule has 2 atom stereocenters. The van der Waals surface area contributed by atoms with E-state index in [2.05, 4.69) is 31.2 Å². The molecule has 0 N–H and O–H groups in total. The van der Waals surface area contributed by atoms with Gasteiger partial charge in [0.1, 0.15) is 5.75 Å². The summed E-state index contributed by atoms with van der Waals surface area (Å²) in [7, 11) is 1.66. The van der Waals surface area contributed by atoms with Crippen LogP contribution in [0.25, 0.3) is 0 Å². The molecule has 0 unspecified atom stereocenters. The lowest BCUT2D eigenvalue weighted by Crippen LogP contribution is -2.61. The van der Waals surface area contributed by atoms with Gasteiger partial charge in [0.25, 0.3) is 0 Å². The monoisotopic (exact) mass is 341 g/mol. The maximum absolute atomic E-state index is 12.4. The van der Waals surface area contributed by atoms with Crippen molar-refractivity contribution in [3.8, 4) is 5.75 Å². The van der Waals surface area contributed by atoms with Crippen LogP contribution < -0.4 is 4.74 Å². The number of thioether (sulfide) groups is 1. The first-order valence-corrected chi connectivity index (χ1v) is 9.32. The van der Waals surface area contributed by atoms with Crippen molar-refractivity contribution in [1.82, 2.24) is 4.90 Å². The van der Waals surface area contributed by atoms with Crippen molar-refractivity contribution < 1.29 is 9.53 Å². The van der Waals surface area contributed by atoms with E-state index >= 15 is 0 Å². The Kier molecular flexibility index (Phi) is 5.46. The molecule has 1 saturated heterocycles. The van der Waals surface area contributed by atoms with Gasteiger partial charge in [0.05, 0.1) is 19.1 Å². The Balaban J connectivity index is 1.64. The highest BCUT2D eigenvalue weighted by Crippen LogP contribution is 2.35. The molecule has 1 aliphatic heterocycles. The Labute approximate surface area is 148 Å². The predicted octanol–water partition coefficient (Wildman–Crippen LogP) is 4.22. The number of hydrogen-bond acceptors (Lipinski definition) is 3. The number of rotatable bonds is 7. The average Bonchev–Trinajstić information content (AvgIpc) is 2.64. The quantitative estimate of drug-likeness (QED) is 0.558. The number of benzene rings is 2. The minimum absolute atomic E-state index is 0.166. The number of hydrogen-bond donors (Lipinski definition) is 0. The second-order valence-electron chi connectivity index (χ2n) is 6.02. The van der Waals surface area contributed by atoms with Crippen molar-refractivity contribution in [2.24, 2.45) is 5.92 Å². The highest BCUT2D eigenvalue weighted by Gasteiger charge is 2.45. The molecule has 0 radical (unpaired) electrons. The Morgan fingerprint density at radius 1 is 1.08 bits per heavy atom. The van der Waals surface area contributed by atoms with E-state index in [1.54, 1.807) is 7.11 Å². The van der Waals surface area contributed by atoms with Crippen LogP contribution in [-0.2, 0) is 11.3 Å². The third kappa shape index (κ3) is 3.59. The lowest BCUT2D eigenvalue weighted by molar-refractivity contribution is -0.155. The number of carbonyl (C=O) groups is 1. The van der Waals surface area contributed by atoms with Crippen LogP contribution in [0.2, 0.25) is 0 Å². The second kappa shape index (κ2) is 7.75. The summed E-state index contributed by atoms with van der Waals surface area (Å²) < 4.78 is 5.19. The van der Waals surface area contributed by atoms with E-state index in [0.717, 1.165) is 23.5 Å². The van der Waals surface area contributed by atoms with Gasteiger partial charge in [-0.3, -0.25) is 4.79 Å². The molecule has 126 valence electrons. The normalized spacial score (nSPS) is 19.9. The number of likely N-dealkylation sites (tertiary alicyclic amines) is 1. The summed E-state index contributed by atoms with van der Waals surface area (Å²) in [5.74, 6) is 2.24. The highest BCUT2D eigenvalue weighted by atomic mass is 32.2. The van der Waals surface area contributed by atoms with Crippen molar-refractivity contribution in [2.45, 2.75) is 30.8 Å². The summed E-state index contributed by atoms with van der Waals surface area (Å²) in [6.45, 7) is 2.78. The fourth-order valence-corrected chi connectivity index (χ4v) is 4.28. The molecule has 1 fully saturated rings. The molecule has 0 aromatic heterocycles. The van der Waals surface area contributed by atoms with Crippen LogP contribution in [0.3, 0.4) is 0 Å². The smallest absolute Gasteiger partial charge is 0.228 e. The summed E-state index contributed by atoms with van der Waals surface area (Å²) in [4.78, 5) is 15.7. The Bertz CT molecular complexity index is 672. The fraction of sp³-hybridized carbons (Fsp3) is 0.350. The van der Waals surface area contributed by atoms with Crippen LogP contribution in [-0.4, -0.2) is 29.7 Å². The highest BCUT2D eigenvalue weighted by molar-refractivity contribution is 7.99. The lowest BCUT2D eigenvalue weighted by atomic mass is 9.86. The number of carbonyl (C=O) groups excluding carboxylic acids is 1. The third-order valence-corrected chi connectivity index (χ3v) is 5.69. The average molecular weight is 341 g/mol. The maximum Gasteiger partial charge on any atom is 0.228 e. The molecule has 1 amide bonds. The molecule has 2 aromatic carbocycles. The summed E-state index contributed by atoms with van der Waals surface area (Å²) >= 11 is 1.83. The van der Waals surface area contributed by atoms with Crippen LogP contribution in [0, 0.1) is 5.92 Å². The van der Waals surface area contributed by atoms with Crippen molar-refractivity contribution in [1.29, 1.82) is 0 Å². The molecule has 2 aromatic rings. The van der Waals surface area contributed by atoms with Crippen molar-refractivity contribution >= 4 is 17.7 Å². The molecule has 1 aliphatic rings. The molecule has 3 rings (SSSR count). The fourth-order valence-electron chi connectivity index (χ4n) is 3.15. The first-order chi connectivity index (χ1) is 11.7. The molecule has 1 heterocycles. The SMILES string of the molecule is CC[C@@H]1C(=O)N(Cc2ccc(OC)cc2)[C@H]1CSc1ccccc1. The third-order valence-electron chi connectivity index (χ3n) is 4.58. The summed E-state index contributed by atoms with van der Waals surface area (Å²) in [6.07, 6.45) is 0.915. The van der Waals surface area contributed by atoms with E-state index in [-0.39, 0.29) is 11.8 Å². The van der Waals surface area contributed by atoms with E-state index in [0.29, 0.717) is 12.6 Å². The molecule has 24 heavy (non-hydrogen) atoms. The second-order valence-corrected chi connectivity index (χ2v) is 7.11. The first kappa shape index (κ1) is 16.9. The molecule has 0 bridgehead atoms. The Morgan fingerprint density at radius 2 is 1.79 bits per heavy atom. The number of β-lactam (4-membered cyclic amide) rings is 1. The van der Waals surface area contributed by atoms with Gasteiger partial charge in [0, 0.05) is 17.2 Å². The van der Waals surface area contributed by atoms with Crippen molar-refractivity contribution in [2.75, 3.05) is 12.9 Å². The molecule has 0 spiro atoms. The van der Waals surface area contributed by atoms with Gasteiger partial charge in [-0.1, -0.05) is 37.3 Å². The zero-order chi connectivity index (χ0) is 16.9. The van der Waals surface area contributed by atoms with E-state index in [1.165, 1.54) is 4.90 Å². The minimum atomic E-state index is 0.166. The Hall–Kier alpha value is -1.94. The van der Waals surface area contributed by atoms with E-state index in [9.17, 15) is 4.79 Å². The summed E-state index contributed by atoms with van der Waals surface area (Å²) in [5, 5.41) is 0. The largest absolute Gasteiger partial charge is 0.497 e. The standard InChI is InChI=1S/C20H23NO2S/c1-3-18-19(14-24-17-7-5-4-6-8-17)21(20(18)22)13-15-9-11-16(23-2)12-10-15/h4-12,18-19H,3,13-14H2,1-2H3/t18-,19-/m0/s1. The van der Waals surface area contributed by atoms with Crippen LogP contribution in [0.4, 0.5) is 0 Å². The lowest BCUT2D eigenvalue weighted by Gasteiger charge is -2.47. The van der Waals surface area contributed by atoms with E-state index < -0.39 is 0 Å². The van der Waals surface area contributed by atoms with E-state index in [4.69, 9.17) is 4.74 Å². The topological polar surface area (TPSA) is 29.5 Å². The zero-order valence-corrected chi connectivity index (χ0v) is 15.0. The van der Waals surface area contributed by atoms with Gasteiger partial charge in [-0.25, -0.2) is 0 Å². The first-order valence-electron chi connectivity index (χ1n) is 8.34. The van der Waals surface area contributed by atoms with Crippen LogP contribution >= 0.6 is 11.8 Å². The van der Waals surface area contributed by atoms with Gasteiger partial charge in [-0.05, 0) is 36.2 Å². The Morgan fingerprint density at radius 3 is 2.42 bits per heavy atom. The summed E-state index contributed by atoms with van der Waals surface area (Å²) in [6, 6.07) is 18.7. The molecule has 4 heteroatoms. The van der Waals surface area contributed by atoms with Crippen LogP contribution in [0.5, 0.6) is 5.75 Å². The molecular formula is C20H23NO2S. The molecular weight excluding hydrogens is 318 g/mol. The molecule has 0 saturated carbocycles. The van der Waals surface area contributed by atoms with Crippen molar-refractivity contribution in [3.05, 3.63) is 60.2 Å². The van der Waals surface area contributed by atoms with Gasteiger partial charge in [-0.15, -0.1) is 11.8 Å². The van der Waals surface area contributed by atoms with Gasteiger partial charge >= 0.3 is 0 Å². The number of ether oxygens (including phenoxy) is 1. The van der Waals surface area contributed by atoms with Gasteiger partial charge in [0.15, 0.2) is 0 Å². The van der Waals surface area contributed by atoms with E-state index in [1.807, 2.05) is 47.0 Å². The number of nitrogens with zero attached hydrogens (tertiary/aromatic N) is 1. The van der Waals surface area contributed by atoms with Crippen molar-refractivity contribution in [3.63, 3.8) is 0 Å². The number of amides is 1. The van der Waals surface area contributed by atoms with Crippen LogP contribution in [0.15, 0.2) is 59.5 Å². The summed E-state index contributed by atoms with van der Waals surface area (Å²) in [5.41, 5.74) is 1.15. The van der Waals surface area contributed by atoms with Gasteiger partial charge in [-0.2, -0.15) is 0 Å². The minimum Gasteiger partial charge on any atom is -0.497 e. The van der Waals surface area contributed by atoms with Gasteiger partial charge < -0.3 is 9.64 Å². The molecule has 0 aliphatic carbocycles. The van der Waals surface area contributed by atoms with Gasteiger partial charge in [0.2, 0.25) is 5.91 Å². The number of methoxy groups -OCH3 is 1. The van der Waals surface area contributed by atoms with Crippen LogP contribution in [0.1, 0.15) is 18.9 Å². The molecule has 3 nitrogen and oxygen atoms in total. The zero-order valence-electron chi connectivity index (χ0n) is 14.1. The predicted molar refractivity (Wildman–Crippen MR) is 98.3 cm³/mol.